The zero-order chi connectivity index (χ0) is 35.6. The monoisotopic (exact) mass is 743 g/mol. The Kier molecular flexibility index (Phi) is 9.41. The zero-order valence-electron chi connectivity index (χ0n) is 24.1. The molecule has 2 aliphatic carbocycles. The minimum Gasteiger partial charge on any atom is -0.326 e. The highest BCUT2D eigenvalue weighted by atomic mass is 35.5. The molecular formula is C32H21Cl3F9NO3. The summed E-state index contributed by atoms with van der Waals surface area (Å²) in [5.74, 6) is -9.14. The Hall–Kier alpha value is -3.29. The molecule has 4 nitrogen and oxygen atoms in total. The number of hydrogen-bond acceptors (Lipinski definition) is 3. The van der Waals surface area contributed by atoms with Crippen LogP contribution in [-0.4, -0.2) is 28.0 Å². The Morgan fingerprint density at radius 2 is 1.50 bits per heavy atom. The third-order valence-corrected chi connectivity index (χ3v) is 9.78. The quantitative estimate of drug-likeness (QED) is 0.128. The van der Waals surface area contributed by atoms with E-state index in [0.29, 0.717) is 12.1 Å². The van der Waals surface area contributed by atoms with E-state index in [9.17, 15) is 49.5 Å². The largest absolute Gasteiger partial charge is 0.419 e. The number of nitrogens with one attached hydrogen (secondary N) is 1. The second-order valence-electron chi connectivity index (χ2n) is 11.8. The zero-order valence-corrected chi connectivity index (χ0v) is 26.3. The van der Waals surface area contributed by atoms with Gasteiger partial charge in [-0.3, -0.25) is 14.4 Å². The molecule has 48 heavy (non-hydrogen) atoms. The van der Waals surface area contributed by atoms with Gasteiger partial charge in [0.25, 0.3) is 0 Å². The average molecular weight is 745 g/mol. The van der Waals surface area contributed by atoms with Gasteiger partial charge in [0, 0.05) is 42.0 Å². The predicted molar refractivity (Wildman–Crippen MR) is 158 cm³/mol. The molecule has 2 aliphatic rings. The molecule has 5 rings (SSSR count). The fourth-order valence-corrected chi connectivity index (χ4v) is 6.67. The summed E-state index contributed by atoms with van der Waals surface area (Å²) in [6.07, 6.45) is -12.8. The number of amides is 1. The second-order valence-corrected chi connectivity index (χ2v) is 13.7. The molecule has 256 valence electrons. The number of halogens is 12. The average Bonchev–Trinajstić information content (AvgIpc) is 3.87. The molecule has 0 spiro atoms. The molecule has 1 amide bonds. The van der Waals surface area contributed by atoms with Crippen LogP contribution in [0.4, 0.5) is 45.2 Å². The van der Waals surface area contributed by atoms with Crippen LogP contribution in [0.25, 0.3) is 0 Å². The van der Waals surface area contributed by atoms with Gasteiger partial charge in [0.15, 0.2) is 5.78 Å². The van der Waals surface area contributed by atoms with Crippen LogP contribution in [0.5, 0.6) is 0 Å². The molecule has 0 heterocycles. The Morgan fingerprint density at radius 3 is 2.10 bits per heavy atom. The van der Waals surface area contributed by atoms with Crippen molar-refractivity contribution in [2.75, 3.05) is 5.32 Å². The molecule has 2 fully saturated rings. The summed E-state index contributed by atoms with van der Waals surface area (Å²) in [4.78, 5) is 38.6. The van der Waals surface area contributed by atoms with Crippen LogP contribution >= 0.6 is 34.8 Å². The first-order chi connectivity index (χ1) is 22.2. The van der Waals surface area contributed by atoms with Gasteiger partial charge >= 0.3 is 12.4 Å². The summed E-state index contributed by atoms with van der Waals surface area (Å²) in [5.41, 5.74) is -5.35. The van der Waals surface area contributed by atoms with E-state index < -0.39 is 99.3 Å². The number of benzene rings is 3. The van der Waals surface area contributed by atoms with Crippen molar-refractivity contribution < 1.29 is 53.9 Å². The summed E-state index contributed by atoms with van der Waals surface area (Å²) in [5, 5.41) is 2.29. The van der Waals surface area contributed by atoms with Crippen LogP contribution in [0.15, 0.2) is 48.5 Å². The lowest BCUT2D eigenvalue weighted by atomic mass is 9.93. The van der Waals surface area contributed by atoms with Crippen LogP contribution in [-0.2, 0) is 28.6 Å². The number of carbonyl (C=O) groups excluding carboxylic acids is 3. The number of rotatable bonds is 10. The van der Waals surface area contributed by atoms with Gasteiger partial charge in [0.05, 0.1) is 21.9 Å². The number of alkyl halides is 8. The van der Waals surface area contributed by atoms with Crippen molar-refractivity contribution in [2.45, 2.75) is 54.7 Å². The summed E-state index contributed by atoms with van der Waals surface area (Å²) < 4.78 is 121. The maximum absolute atomic E-state index is 15.3. The van der Waals surface area contributed by atoms with Crippen LogP contribution in [0.2, 0.25) is 5.02 Å². The van der Waals surface area contributed by atoms with Gasteiger partial charge in [-0.15, -0.1) is 23.2 Å². The summed E-state index contributed by atoms with van der Waals surface area (Å²) in [6.45, 7) is 0. The van der Waals surface area contributed by atoms with Crippen LogP contribution in [0.1, 0.15) is 57.8 Å². The molecule has 0 aromatic heterocycles. The number of Topliss-reactive ketones (excluding diaryl/α,β-unsaturated/α-hetero) is 2. The minimum atomic E-state index is -5.02. The van der Waals surface area contributed by atoms with Crippen LogP contribution in [0.3, 0.4) is 0 Å². The number of hydrogen-bond donors (Lipinski definition) is 1. The molecule has 2 atom stereocenters. The highest BCUT2D eigenvalue weighted by Crippen LogP contribution is 2.65. The molecule has 0 saturated heterocycles. The normalized spacial score (nSPS) is 19.5. The van der Waals surface area contributed by atoms with Crippen molar-refractivity contribution in [1.29, 1.82) is 0 Å². The number of carbonyl (C=O) groups is 3. The number of anilines is 1. The standard InChI is InChI=1S/C32H21Cl3F9NO3/c33-21-4-3-16(45-28(48)26-25(30(26,34)35)14-1-6-23(37)20(9-14)31(39,40)41)11-18(21)24(47)10-15-2-5-22(36)19(27(15)38)12-17(46)13-29(7-8-29)32(42,43)44/h1-6,9,11,25-26H,7-8,10,12-13H2,(H,45,48)/t25-,26+/m0/s1. The molecule has 3 aromatic carbocycles. The summed E-state index contributed by atoms with van der Waals surface area (Å²) in [6, 6.07) is 7.40. The molecule has 0 radical (unpaired) electrons. The molecule has 16 heteroatoms. The maximum atomic E-state index is 15.3. The Bertz CT molecular complexity index is 1820. The van der Waals surface area contributed by atoms with Crippen LogP contribution in [0, 0.1) is 28.8 Å². The van der Waals surface area contributed by atoms with E-state index in [4.69, 9.17) is 34.8 Å². The van der Waals surface area contributed by atoms with Crippen molar-refractivity contribution >= 4 is 58.0 Å². The van der Waals surface area contributed by atoms with Gasteiger partial charge in [-0.1, -0.05) is 23.7 Å². The van der Waals surface area contributed by atoms with E-state index in [1.807, 2.05) is 0 Å². The SMILES string of the molecule is O=C(Cc1c(F)ccc(CC(=O)c2cc(NC(=O)[C@H]3[C@H](c4ccc(F)c(C(F)(F)F)c4)C3(Cl)Cl)ccc2Cl)c1F)CC1(C(F)(F)F)CC1. The van der Waals surface area contributed by atoms with E-state index in [2.05, 4.69) is 5.32 Å². The minimum absolute atomic E-state index is 0.0397. The fourth-order valence-electron chi connectivity index (χ4n) is 5.62. The summed E-state index contributed by atoms with van der Waals surface area (Å²) in [7, 11) is 0. The lowest BCUT2D eigenvalue weighted by Gasteiger charge is -2.18. The lowest BCUT2D eigenvalue weighted by molar-refractivity contribution is -0.190. The Balaban J connectivity index is 1.30. The highest BCUT2D eigenvalue weighted by Gasteiger charge is 2.68. The highest BCUT2D eigenvalue weighted by molar-refractivity contribution is 6.53. The van der Waals surface area contributed by atoms with Gasteiger partial charge in [0.2, 0.25) is 5.91 Å². The van der Waals surface area contributed by atoms with Gasteiger partial charge in [0.1, 0.15) is 27.6 Å². The second kappa shape index (κ2) is 12.5. The van der Waals surface area contributed by atoms with Gasteiger partial charge in [-0.25, -0.2) is 13.2 Å². The van der Waals surface area contributed by atoms with Crippen molar-refractivity contribution in [3.63, 3.8) is 0 Å². The first-order valence-corrected chi connectivity index (χ1v) is 15.2. The first kappa shape index (κ1) is 36.0. The molecule has 0 aliphatic heterocycles. The van der Waals surface area contributed by atoms with E-state index in [0.717, 1.165) is 24.3 Å². The van der Waals surface area contributed by atoms with Crippen molar-refractivity contribution in [1.82, 2.24) is 0 Å². The van der Waals surface area contributed by atoms with Crippen molar-refractivity contribution in [3.05, 3.63) is 98.8 Å². The van der Waals surface area contributed by atoms with Crippen molar-refractivity contribution in [2.24, 2.45) is 11.3 Å². The van der Waals surface area contributed by atoms with E-state index in [-0.39, 0.29) is 40.2 Å². The molecule has 2 saturated carbocycles. The molecule has 3 aromatic rings. The fraction of sp³-hybridized carbons (Fsp3) is 0.344. The lowest BCUT2D eigenvalue weighted by Crippen LogP contribution is -2.28. The third-order valence-electron chi connectivity index (χ3n) is 8.51. The van der Waals surface area contributed by atoms with Crippen molar-refractivity contribution in [3.8, 4) is 0 Å². The smallest absolute Gasteiger partial charge is 0.326 e. The van der Waals surface area contributed by atoms with E-state index >= 15 is 4.39 Å². The number of ketones is 2. The van der Waals surface area contributed by atoms with E-state index in [1.165, 1.54) is 12.1 Å². The molecule has 1 N–H and O–H groups in total. The Morgan fingerprint density at radius 1 is 0.854 bits per heavy atom. The van der Waals surface area contributed by atoms with Crippen LogP contribution < -0.4 is 5.32 Å². The van der Waals surface area contributed by atoms with Gasteiger partial charge < -0.3 is 5.32 Å². The molecule has 0 unspecified atom stereocenters. The van der Waals surface area contributed by atoms with Gasteiger partial charge in [-0.05, 0) is 60.4 Å². The topological polar surface area (TPSA) is 63.2 Å². The molecule has 0 bridgehead atoms. The predicted octanol–water partition coefficient (Wildman–Crippen LogP) is 9.57. The third kappa shape index (κ3) is 7.04. The summed E-state index contributed by atoms with van der Waals surface area (Å²) >= 11 is 18.6. The first-order valence-electron chi connectivity index (χ1n) is 14.1. The molecular weight excluding hydrogens is 724 g/mol. The Labute approximate surface area is 281 Å². The van der Waals surface area contributed by atoms with E-state index in [1.54, 1.807) is 0 Å². The maximum Gasteiger partial charge on any atom is 0.419 e. The van der Waals surface area contributed by atoms with Gasteiger partial charge in [-0.2, -0.15) is 26.3 Å².